The van der Waals surface area contributed by atoms with Crippen molar-refractivity contribution in [3.8, 4) is 5.75 Å². The number of carbonyl (C=O) groups excluding carboxylic acids is 5. The van der Waals surface area contributed by atoms with E-state index in [2.05, 4.69) is 26.4 Å². The lowest BCUT2D eigenvalue weighted by molar-refractivity contribution is -0.139. The van der Waals surface area contributed by atoms with Gasteiger partial charge < -0.3 is 31.3 Å². The van der Waals surface area contributed by atoms with Crippen molar-refractivity contribution in [1.29, 1.82) is 0 Å². The van der Waals surface area contributed by atoms with Gasteiger partial charge in [-0.2, -0.15) is 5.10 Å². The van der Waals surface area contributed by atoms with Crippen molar-refractivity contribution in [3.63, 3.8) is 0 Å². The molecule has 0 saturated carbocycles. The van der Waals surface area contributed by atoms with Crippen LogP contribution in [0, 0.1) is 11.8 Å². The number of aromatic nitrogens is 2. The number of amides is 5. The zero-order chi connectivity index (χ0) is 37.2. The summed E-state index contributed by atoms with van der Waals surface area (Å²) >= 11 is 0. The lowest BCUT2D eigenvalue weighted by Crippen LogP contribution is -2.50. The SMILES string of the molecule is CC(C)[C@@H]1CC[C@@H](C)CC(=O)N[C@@H](Cc2ccc(O)cc2)C(=O)NCCCC(=O)N2C[C@H](NC(=O)c3cnn(Cc4ccccc4)c3)C[C@H]2C(=O)N1. The van der Waals surface area contributed by atoms with Crippen LogP contribution >= 0.6 is 0 Å². The Balaban J connectivity index is 1.28. The molecule has 13 heteroatoms. The first-order chi connectivity index (χ1) is 24.9. The molecule has 0 spiro atoms. The maximum absolute atomic E-state index is 13.8. The van der Waals surface area contributed by atoms with Crippen LogP contribution in [0.3, 0.4) is 0 Å². The third kappa shape index (κ3) is 10.7. The molecule has 2 fully saturated rings. The molecule has 5 atom stereocenters. The van der Waals surface area contributed by atoms with Gasteiger partial charge in [-0.15, -0.1) is 0 Å². The Hall–Kier alpha value is -5.20. The number of phenols is 1. The zero-order valence-electron chi connectivity index (χ0n) is 30.2. The van der Waals surface area contributed by atoms with Crippen LogP contribution in [0.5, 0.6) is 5.75 Å². The summed E-state index contributed by atoms with van der Waals surface area (Å²) in [6.45, 7) is 6.92. The van der Waals surface area contributed by atoms with Crippen LogP contribution in [-0.2, 0) is 32.1 Å². The number of benzene rings is 2. The summed E-state index contributed by atoms with van der Waals surface area (Å²) in [5.41, 5.74) is 2.22. The average Bonchev–Trinajstić information content (AvgIpc) is 3.76. The Bertz CT molecular complexity index is 1690. The Morgan fingerprint density at radius 1 is 0.981 bits per heavy atom. The highest BCUT2D eigenvalue weighted by molar-refractivity contribution is 5.94. The van der Waals surface area contributed by atoms with E-state index in [1.54, 1.807) is 27.9 Å². The summed E-state index contributed by atoms with van der Waals surface area (Å²) in [5, 5.41) is 26.0. The van der Waals surface area contributed by atoms with Crippen molar-refractivity contribution in [2.75, 3.05) is 13.1 Å². The molecule has 13 nitrogen and oxygen atoms in total. The number of aromatic hydroxyl groups is 1. The highest BCUT2D eigenvalue weighted by atomic mass is 16.3. The Morgan fingerprint density at radius 3 is 2.46 bits per heavy atom. The van der Waals surface area contributed by atoms with Crippen LogP contribution < -0.4 is 21.3 Å². The predicted octanol–water partition coefficient (Wildman–Crippen LogP) is 2.92. The van der Waals surface area contributed by atoms with Gasteiger partial charge in [-0.25, -0.2) is 0 Å². The summed E-state index contributed by atoms with van der Waals surface area (Å²) in [5.74, 6) is -1.26. The third-order valence-electron chi connectivity index (χ3n) is 9.87. The van der Waals surface area contributed by atoms with Gasteiger partial charge in [0.2, 0.25) is 23.6 Å². The molecule has 3 aromatic rings. The molecule has 0 radical (unpaired) electrons. The van der Waals surface area contributed by atoms with E-state index in [9.17, 15) is 29.1 Å². The van der Waals surface area contributed by atoms with Crippen molar-refractivity contribution in [2.24, 2.45) is 11.8 Å². The molecular weight excluding hydrogens is 662 g/mol. The number of nitrogens with one attached hydrogen (secondary N) is 4. The maximum atomic E-state index is 13.8. The second-order valence-electron chi connectivity index (χ2n) is 14.5. The van der Waals surface area contributed by atoms with Gasteiger partial charge in [0.25, 0.3) is 5.91 Å². The van der Waals surface area contributed by atoms with Crippen LogP contribution in [0.1, 0.15) is 80.8 Å². The van der Waals surface area contributed by atoms with E-state index in [1.165, 1.54) is 18.3 Å². The van der Waals surface area contributed by atoms with Gasteiger partial charge in [0, 0.05) is 50.6 Å². The molecule has 2 saturated heterocycles. The van der Waals surface area contributed by atoms with Crippen LogP contribution in [0.4, 0.5) is 0 Å². The summed E-state index contributed by atoms with van der Waals surface area (Å²) in [7, 11) is 0. The van der Waals surface area contributed by atoms with Crippen molar-refractivity contribution in [1.82, 2.24) is 35.9 Å². The van der Waals surface area contributed by atoms with Gasteiger partial charge in [-0.3, -0.25) is 28.7 Å². The lowest BCUT2D eigenvalue weighted by atomic mass is 9.92. The molecular formula is C39H51N7O6. The fourth-order valence-corrected chi connectivity index (χ4v) is 6.85. The second kappa shape index (κ2) is 17.8. The van der Waals surface area contributed by atoms with Crippen LogP contribution in [0.15, 0.2) is 67.0 Å². The van der Waals surface area contributed by atoms with Gasteiger partial charge in [-0.05, 0) is 60.8 Å². The number of hydrogen-bond donors (Lipinski definition) is 5. The van der Waals surface area contributed by atoms with E-state index in [0.717, 1.165) is 11.1 Å². The molecule has 0 unspecified atom stereocenters. The topological polar surface area (TPSA) is 175 Å². The molecule has 0 aliphatic carbocycles. The third-order valence-corrected chi connectivity index (χ3v) is 9.87. The zero-order valence-corrected chi connectivity index (χ0v) is 30.2. The molecule has 5 N–H and O–H groups in total. The van der Waals surface area contributed by atoms with E-state index < -0.39 is 18.1 Å². The quantitative estimate of drug-likeness (QED) is 0.250. The van der Waals surface area contributed by atoms with Gasteiger partial charge in [0.05, 0.1) is 18.3 Å². The first-order valence-electron chi connectivity index (χ1n) is 18.3. The van der Waals surface area contributed by atoms with E-state index in [4.69, 9.17) is 0 Å². The molecule has 2 aromatic carbocycles. The number of nitrogens with zero attached hydrogens (tertiary/aromatic N) is 3. The van der Waals surface area contributed by atoms with E-state index in [1.807, 2.05) is 51.1 Å². The van der Waals surface area contributed by atoms with Crippen LogP contribution in [0.2, 0.25) is 0 Å². The molecule has 52 heavy (non-hydrogen) atoms. The van der Waals surface area contributed by atoms with Gasteiger partial charge >= 0.3 is 0 Å². The highest BCUT2D eigenvalue weighted by Gasteiger charge is 2.41. The van der Waals surface area contributed by atoms with Crippen LogP contribution in [0.25, 0.3) is 0 Å². The van der Waals surface area contributed by atoms with Crippen molar-refractivity contribution >= 4 is 29.5 Å². The molecule has 5 amide bonds. The van der Waals surface area contributed by atoms with E-state index >= 15 is 0 Å². The summed E-state index contributed by atoms with van der Waals surface area (Å²) in [4.78, 5) is 68.8. The number of hydrogen-bond acceptors (Lipinski definition) is 7. The standard InChI is InChI=1S/C39H51N7O6/c1-25(2)32-16-11-26(3)18-35(48)43-33(19-27-12-14-31(47)15-13-27)38(51)40-17-7-10-36(49)46-24-30(20-34(46)39(52)44-32)42-37(50)29-21-41-45(23-29)22-28-8-5-4-6-9-28/h4-6,8-9,12-15,21,23,25-26,30,32-34,47H,7,10-11,16-20,22,24H2,1-3H3,(H,40,51)(H,42,50)(H,43,48)(H,44,52)/t26-,30-,32+,33+,34+/m1/s1. The summed E-state index contributed by atoms with van der Waals surface area (Å²) in [6, 6.07) is 14.1. The fraction of sp³-hybridized carbons (Fsp3) is 0.487. The fourth-order valence-electron chi connectivity index (χ4n) is 6.85. The van der Waals surface area contributed by atoms with Crippen molar-refractivity contribution in [2.45, 2.75) is 96.4 Å². The van der Waals surface area contributed by atoms with Gasteiger partial charge in [0.15, 0.2) is 0 Å². The van der Waals surface area contributed by atoms with Crippen molar-refractivity contribution in [3.05, 3.63) is 83.7 Å². The minimum absolute atomic E-state index is 0.0179. The molecule has 0 bridgehead atoms. The molecule has 2 aliphatic heterocycles. The number of phenolic OH excluding ortho intramolecular Hbond substituents is 1. The Morgan fingerprint density at radius 2 is 1.73 bits per heavy atom. The van der Waals surface area contributed by atoms with Gasteiger partial charge in [0.1, 0.15) is 17.8 Å². The maximum Gasteiger partial charge on any atom is 0.254 e. The molecule has 278 valence electrons. The molecule has 2 aliphatic rings. The summed E-state index contributed by atoms with van der Waals surface area (Å²) < 4.78 is 1.69. The first-order valence-corrected chi connectivity index (χ1v) is 18.3. The number of rotatable bonds is 7. The molecule has 3 heterocycles. The van der Waals surface area contributed by atoms with Crippen molar-refractivity contribution < 1.29 is 29.1 Å². The first kappa shape index (κ1) is 38.0. The van der Waals surface area contributed by atoms with E-state index in [-0.39, 0.29) is 91.9 Å². The monoisotopic (exact) mass is 713 g/mol. The Labute approximate surface area is 304 Å². The normalized spacial score (nSPS) is 23.9. The molecule has 1 aromatic heterocycles. The minimum atomic E-state index is -0.834. The molecule has 5 rings (SSSR count). The smallest absolute Gasteiger partial charge is 0.254 e. The average molecular weight is 714 g/mol. The highest BCUT2D eigenvalue weighted by Crippen LogP contribution is 2.23. The summed E-state index contributed by atoms with van der Waals surface area (Å²) in [6.07, 6.45) is 5.60. The van der Waals surface area contributed by atoms with Crippen LogP contribution in [-0.4, -0.2) is 86.6 Å². The van der Waals surface area contributed by atoms with E-state index in [0.29, 0.717) is 31.4 Å². The van der Waals surface area contributed by atoms with Gasteiger partial charge in [-0.1, -0.05) is 63.2 Å². The predicted molar refractivity (Wildman–Crippen MR) is 195 cm³/mol. The second-order valence-corrected chi connectivity index (χ2v) is 14.5. The largest absolute Gasteiger partial charge is 0.508 e. The Kier molecular flexibility index (Phi) is 13.0. The number of carbonyl (C=O) groups is 5. The lowest BCUT2D eigenvalue weighted by Gasteiger charge is -2.29. The number of fused-ring (bicyclic) bond motifs is 1. The minimum Gasteiger partial charge on any atom is -0.508 e.